The summed E-state index contributed by atoms with van der Waals surface area (Å²) >= 11 is 5.84. The molecule has 3 aliphatic rings. The average molecular weight is 657 g/mol. The number of piperidine rings is 1. The summed E-state index contributed by atoms with van der Waals surface area (Å²) < 4.78 is 25.7. The van der Waals surface area contributed by atoms with Gasteiger partial charge >= 0.3 is 0 Å². The number of morpholine rings is 1. The molecule has 12 nitrogen and oxygen atoms in total. The highest BCUT2D eigenvalue weighted by Gasteiger charge is 2.42. The molecular weight excluding hydrogens is 615 g/mol. The number of methoxy groups -OCH3 is 1. The SMILES string of the molecule is C=CC(=O)Nc1cc(N=C(N)/C=C(\NN)N[C@H](CCO)c2ccc(Cl)c(F)c2)c(OC)cc1N1CCC(N2C[C@H]3C[C@@H]2CO3)CC1. The number of nitrogens with one attached hydrogen (secondary N) is 3. The predicted molar refractivity (Wildman–Crippen MR) is 178 cm³/mol. The number of nitrogens with two attached hydrogens (primary N) is 2. The molecule has 2 bridgehead atoms. The minimum atomic E-state index is -0.580. The number of likely N-dealkylation sites (tertiary alicyclic amines) is 1. The van der Waals surface area contributed by atoms with Crippen LogP contribution in [0.25, 0.3) is 0 Å². The van der Waals surface area contributed by atoms with Gasteiger partial charge in [0, 0.05) is 50.5 Å². The fourth-order valence-electron chi connectivity index (χ4n) is 6.48. The summed E-state index contributed by atoms with van der Waals surface area (Å²) in [5, 5.41) is 15.6. The van der Waals surface area contributed by atoms with Crippen molar-refractivity contribution in [2.45, 2.75) is 49.9 Å². The molecule has 8 N–H and O–H groups in total. The summed E-state index contributed by atoms with van der Waals surface area (Å²) in [6.07, 6.45) is 6.42. The molecule has 3 fully saturated rings. The summed E-state index contributed by atoms with van der Waals surface area (Å²) in [4.78, 5) is 21.9. The van der Waals surface area contributed by atoms with Gasteiger partial charge in [0.1, 0.15) is 28.9 Å². The number of anilines is 2. The second-order valence-corrected chi connectivity index (χ2v) is 12.0. The van der Waals surface area contributed by atoms with Crippen molar-refractivity contribution >= 4 is 40.4 Å². The lowest BCUT2D eigenvalue weighted by molar-refractivity contribution is -0.111. The third kappa shape index (κ3) is 7.73. The zero-order valence-corrected chi connectivity index (χ0v) is 26.6. The van der Waals surface area contributed by atoms with Crippen LogP contribution >= 0.6 is 11.6 Å². The number of amidine groups is 1. The van der Waals surface area contributed by atoms with Gasteiger partial charge in [0.15, 0.2) is 0 Å². The molecule has 0 aliphatic carbocycles. The van der Waals surface area contributed by atoms with Crippen molar-refractivity contribution in [3.8, 4) is 5.75 Å². The van der Waals surface area contributed by atoms with E-state index in [0.717, 1.165) is 51.2 Å². The molecule has 3 atom stereocenters. The van der Waals surface area contributed by atoms with Crippen LogP contribution in [0.5, 0.6) is 5.75 Å². The van der Waals surface area contributed by atoms with Crippen molar-refractivity contribution in [1.29, 1.82) is 0 Å². The van der Waals surface area contributed by atoms with E-state index >= 15 is 0 Å². The van der Waals surface area contributed by atoms with E-state index in [2.05, 4.69) is 37.4 Å². The number of aliphatic hydroxyl groups is 1. The monoisotopic (exact) mass is 656 g/mol. The Morgan fingerprint density at radius 3 is 2.70 bits per heavy atom. The molecule has 3 saturated heterocycles. The van der Waals surface area contributed by atoms with Crippen molar-refractivity contribution in [1.82, 2.24) is 15.6 Å². The number of carbonyl (C=O) groups is 1. The number of amides is 1. The first-order valence-corrected chi connectivity index (χ1v) is 15.7. The standard InChI is InChI=1S/C32H42ClFN8O4/c1-3-32(44)39-26-14-27(37-30(35)16-31(40-36)38-25(8-11-43)19-4-5-23(33)24(34)12-19)29(45-2)15-28(26)41-9-6-20(7-10-41)42-17-22-13-21(42)18-46-22/h3-5,12,14-16,20-22,25,38,40,43H,1,6-11,13,17-18,36H2,2H3,(H2,35,37)(H,39,44)/b31-16-/t21-,22-,25-/m1/s1. The molecule has 2 aromatic rings. The van der Waals surface area contributed by atoms with Crippen LogP contribution in [0.1, 0.15) is 37.3 Å². The topological polar surface area (TPSA) is 163 Å². The Hall–Kier alpha value is -3.88. The van der Waals surface area contributed by atoms with Gasteiger partial charge in [0.25, 0.3) is 0 Å². The smallest absolute Gasteiger partial charge is 0.247 e. The van der Waals surface area contributed by atoms with Gasteiger partial charge in [-0.05, 0) is 55.5 Å². The van der Waals surface area contributed by atoms with E-state index in [9.17, 15) is 14.3 Å². The van der Waals surface area contributed by atoms with Crippen LogP contribution in [0, 0.1) is 5.82 Å². The molecule has 0 radical (unpaired) electrons. The zero-order chi connectivity index (χ0) is 32.8. The first kappa shape index (κ1) is 33.5. The maximum absolute atomic E-state index is 14.1. The van der Waals surface area contributed by atoms with Crippen molar-refractivity contribution in [3.63, 3.8) is 0 Å². The number of hydrazine groups is 1. The second-order valence-electron chi connectivity index (χ2n) is 11.6. The fraction of sp³-hybridized carbons (Fsp3) is 0.438. The minimum absolute atomic E-state index is 0.00653. The van der Waals surface area contributed by atoms with Gasteiger partial charge in [-0.15, -0.1) is 0 Å². The molecule has 3 aliphatic heterocycles. The number of nitrogens with zero attached hydrogens (tertiary/aromatic N) is 3. The van der Waals surface area contributed by atoms with Crippen LogP contribution in [-0.2, 0) is 9.53 Å². The Morgan fingerprint density at radius 2 is 2.09 bits per heavy atom. The summed E-state index contributed by atoms with van der Waals surface area (Å²) in [5.74, 6) is 5.62. The first-order chi connectivity index (χ1) is 22.2. The van der Waals surface area contributed by atoms with Gasteiger partial charge in [-0.1, -0.05) is 24.2 Å². The number of aliphatic imine (C=N–C) groups is 1. The van der Waals surface area contributed by atoms with Crippen LogP contribution in [0.3, 0.4) is 0 Å². The number of halogens is 2. The first-order valence-electron chi connectivity index (χ1n) is 15.4. The highest BCUT2D eigenvalue weighted by molar-refractivity contribution is 6.30. The molecule has 5 rings (SSSR count). The summed E-state index contributed by atoms with van der Waals surface area (Å²) in [6.45, 7) is 6.89. The molecule has 46 heavy (non-hydrogen) atoms. The zero-order valence-electron chi connectivity index (χ0n) is 25.8. The Bertz CT molecular complexity index is 1480. The van der Waals surface area contributed by atoms with Gasteiger partial charge in [-0.2, -0.15) is 0 Å². The van der Waals surface area contributed by atoms with E-state index < -0.39 is 11.9 Å². The highest BCUT2D eigenvalue weighted by Crippen LogP contribution is 2.41. The second kappa shape index (κ2) is 15.1. The number of rotatable bonds is 13. The van der Waals surface area contributed by atoms with Crippen molar-refractivity contribution in [3.05, 3.63) is 71.3 Å². The third-order valence-corrected chi connectivity index (χ3v) is 9.05. The Labute approximate surface area is 273 Å². The highest BCUT2D eigenvalue weighted by atomic mass is 35.5. The van der Waals surface area contributed by atoms with Crippen molar-refractivity contribution in [2.75, 3.05) is 50.2 Å². The largest absolute Gasteiger partial charge is 0.494 e. The predicted octanol–water partition coefficient (Wildman–Crippen LogP) is 3.06. The lowest BCUT2D eigenvalue weighted by Gasteiger charge is -2.41. The Kier molecular flexibility index (Phi) is 11.0. The summed E-state index contributed by atoms with van der Waals surface area (Å²) in [7, 11) is 1.54. The quantitative estimate of drug-likeness (QED) is 0.0621. The molecular formula is C32H42ClFN8O4. The molecule has 1 amide bonds. The van der Waals surface area contributed by atoms with E-state index in [1.807, 2.05) is 6.07 Å². The van der Waals surface area contributed by atoms with Crippen LogP contribution in [0.15, 0.2) is 59.9 Å². The number of benzene rings is 2. The maximum Gasteiger partial charge on any atom is 0.247 e. The number of ether oxygens (including phenoxy) is 2. The summed E-state index contributed by atoms with van der Waals surface area (Å²) in [6, 6.07) is 8.48. The Balaban J connectivity index is 1.37. The number of fused-ring (bicyclic) bond motifs is 2. The van der Waals surface area contributed by atoms with Gasteiger partial charge in [0.2, 0.25) is 5.91 Å². The average Bonchev–Trinajstić information content (AvgIpc) is 3.70. The van der Waals surface area contributed by atoms with Crippen molar-refractivity contribution < 1.29 is 23.8 Å². The van der Waals surface area contributed by atoms with E-state index in [1.165, 1.54) is 24.3 Å². The molecule has 14 heteroatoms. The lowest BCUT2D eigenvalue weighted by Crippen LogP contribution is -2.49. The molecule has 2 aromatic carbocycles. The van der Waals surface area contributed by atoms with E-state index in [-0.39, 0.29) is 35.6 Å². The van der Waals surface area contributed by atoms with E-state index in [4.69, 9.17) is 32.7 Å². The maximum atomic E-state index is 14.1. The molecule has 0 unspecified atom stereocenters. The number of aliphatic hydroxyl groups excluding tert-OH is 1. The van der Waals surface area contributed by atoms with Gasteiger partial charge in [-0.3, -0.25) is 9.69 Å². The molecule has 0 spiro atoms. The van der Waals surface area contributed by atoms with Crippen molar-refractivity contribution in [2.24, 2.45) is 16.6 Å². The van der Waals surface area contributed by atoms with Crippen LogP contribution < -0.4 is 37.3 Å². The summed E-state index contributed by atoms with van der Waals surface area (Å²) in [5.41, 5.74) is 11.2. The van der Waals surface area contributed by atoms with E-state index in [1.54, 1.807) is 19.2 Å². The van der Waals surface area contributed by atoms with E-state index in [0.29, 0.717) is 40.9 Å². The molecule has 3 heterocycles. The normalized spacial score (nSPS) is 21.3. The molecule has 0 saturated carbocycles. The van der Waals surface area contributed by atoms with Gasteiger partial charge < -0.3 is 41.3 Å². The lowest BCUT2D eigenvalue weighted by atomic mass is 10.0. The molecule has 248 valence electrons. The number of hydrogen-bond acceptors (Lipinski definition) is 10. The third-order valence-electron chi connectivity index (χ3n) is 8.75. The van der Waals surface area contributed by atoms with Crippen LogP contribution in [-0.4, -0.2) is 79.9 Å². The fourth-order valence-corrected chi connectivity index (χ4v) is 6.60. The van der Waals surface area contributed by atoms with Crippen LogP contribution in [0.4, 0.5) is 21.5 Å². The number of hydrogen-bond donors (Lipinski definition) is 6. The van der Waals surface area contributed by atoms with Gasteiger partial charge in [0.05, 0.1) is 42.3 Å². The molecule has 0 aromatic heterocycles. The Morgan fingerprint density at radius 1 is 1.30 bits per heavy atom. The van der Waals surface area contributed by atoms with Crippen LogP contribution in [0.2, 0.25) is 5.02 Å². The van der Waals surface area contributed by atoms with Gasteiger partial charge in [-0.25, -0.2) is 15.2 Å². The number of carbonyl (C=O) groups excluding carboxylic acids is 1. The minimum Gasteiger partial charge on any atom is -0.494 e.